The van der Waals surface area contributed by atoms with Gasteiger partial charge in [-0.3, -0.25) is 14.5 Å². The molecular formula is C16H13ClF3N3O3. The lowest BCUT2D eigenvalue weighted by atomic mass is 10.1. The van der Waals surface area contributed by atoms with Gasteiger partial charge in [-0.15, -0.1) is 0 Å². The van der Waals surface area contributed by atoms with E-state index in [2.05, 4.69) is 10.5 Å². The molecule has 10 heteroatoms. The number of amides is 2. The van der Waals surface area contributed by atoms with Crippen molar-refractivity contribution in [1.82, 2.24) is 5.16 Å². The van der Waals surface area contributed by atoms with Gasteiger partial charge in [-0.25, -0.2) is 0 Å². The van der Waals surface area contributed by atoms with Gasteiger partial charge in [0.05, 0.1) is 22.2 Å². The lowest BCUT2D eigenvalue weighted by Crippen LogP contribution is -2.28. The number of carbonyl (C=O) groups is 2. The highest BCUT2D eigenvalue weighted by atomic mass is 35.5. The molecule has 1 saturated heterocycles. The first-order valence-electron chi connectivity index (χ1n) is 7.56. The topological polar surface area (TPSA) is 75.4 Å². The Labute approximate surface area is 150 Å². The van der Waals surface area contributed by atoms with Gasteiger partial charge in [0.2, 0.25) is 11.8 Å². The maximum absolute atomic E-state index is 12.8. The molecule has 2 amide bonds. The quantitative estimate of drug-likeness (QED) is 0.872. The molecule has 1 fully saturated rings. The number of hydrogen-bond donors (Lipinski definition) is 1. The number of anilines is 2. The molecule has 2 heterocycles. The van der Waals surface area contributed by atoms with Gasteiger partial charge >= 0.3 is 6.18 Å². The van der Waals surface area contributed by atoms with Crippen LogP contribution >= 0.6 is 11.6 Å². The van der Waals surface area contributed by atoms with Crippen molar-refractivity contribution >= 4 is 34.9 Å². The van der Waals surface area contributed by atoms with Gasteiger partial charge in [-0.1, -0.05) is 16.8 Å². The molecule has 138 valence electrons. The zero-order chi connectivity index (χ0) is 19.1. The largest absolute Gasteiger partial charge is 0.416 e. The Morgan fingerprint density at radius 3 is 2.73 bits per heavy atom. The van der Waals surface area contributed by atoms with Gasteiger partial charge < -0.3 is 9.84 Å². The number of aryl methyl sites for hydroxylation is 1. The number of halogens is 4. The number of aromatic nitrogens is 1. The molecule has 1 aliphatic rings. The van der Waals surface area contributed by atoms with E-state index >= 15 is 0 Å². The van der Waals surface area contributed by atoms with Crippen LogP contribution in [0.5, 0.6) is 0 Å². The second-order valence-corrected chi connectivity index (χ2v) is 6.29. The summed E-state index contributed by atoms with van der Waals surface area (Å²) in [5, 5.41) is 6.07. The molecule has 1 aromatic carbocycles. The van der Waals surface area contributed by atoms with Crippen molar-refractivity contribution in [2.75, 3.05) is 16.8 Å². The first kappa shape index (κ1) is 18.2. The number of benzene rings is 1. The van der Waals surface area contributed by atoms with Crippen LogP contribution in [0.3, 0.4) is 0 Å². The summed E-state index contributed by atoms with van der Waals surface area (Å²) in [4.78, 5) is 25.8. The fourth-order valence-corrected chi connectivity index (χ4v) is 2.78. The monoisotopic (exact) mass is 387 g/mol. The SMILES string of the molecule is Cc1cc(N2CC(C(=O)Nc3cc(C(F)(F)F)ccc3Cl)CC2=O)no1. The van der Waals surface area contributed by atoms with Crippen molar-refractivity contribution in [3.8, 4) is 0 Å². The normalized spacial score (nSPS) is 17.7. The minimum atomic E-state index is -4.56. The summed E-state index contributed by atoms with van der Waals surface area (Å²) in [6.07, 6.45) is -4.65. The molecule has 1 aromatic heterocycles. The standard InChI is InChI=1S/C16H13ClF3N3O3/c1-8-4-13(22-26-8)23-7-9(5-14(23)24)15(25)21-12-6-10(16(18,19)20)2-3-11(12)17/h2-4,6,9H,5,7H2,1H3,(H,21,25). The summed E-state index contributed by atoms with van der Waals surface area (Å²) >= 11 is 5.87. The van der Waals surface area contributed by atoms with E-state index in [0.29, 0.717) is 11.6 Å². The van der Waals surface area contributed by atoms with E-state index in [9.17, 15) is 22.8 Å². The van der Waals surface area contributed by atoms with Crippen molar-refractivity contribution in [1.29, 1.82) is 0 Å². The Morgan fingerprint density at radius 1 is 1.38 bits per heavy atom. The molecular weight excluding hydrogens is 375 g/mol. The Hall–Kier alpha value is -2.55. The van der Waals surface area contributed by atoms with Gasteiger partial charge in [0.1, 0.15) is 5.76 Å². The summed E-state index contributed by atoms with van der Waals surface area (Å²) in [7, 11) is 0. The zero-order valence-corrected chi connectivity index (χ0v) is 14.2. The number of nitrogens with one attached hydrogen (secondary N) is 1. The summed E-state index contributed by atoms with van der Waals surface area (Å²) in [6, 6.07) is 4.20. The highest BCUT2D eigenvalue weighted by Gasteiger charge is 2.37. The number of alkyl halides is 3. The Morgan fingerprint density at radius 2 is 2.12 bits per heavy atom. The minimum Gasteiger partial charge on any atom is -0.360 e. The van der Waals surface area contributed by atoms with Crippen LogP contribution in [0.2, 0.25) is 5.02 Å². The third-order valence-corrected chi connectivity index (χ3v) is 4.27. The van der Waals surface area contributed by atoms with Crippen LogP contribution in [0.15, 0.2) is 28.8 Å². The molecule has 0 bridgehead atoms. The highest BCUT2D eigenvalue weighted by molar-refractivity contribution is 6.33. The second-order valence-electron chi connectivity index (χ2n) is 5.88. The molecule has 2 aromatic rings. The molecule has 1 N–H and O–H groups in total. The average Bonchev–Trinajstić information content (AvgIpc) is 3.14. The summed E-state index contributed by atoms with van der Waals surface area (Å²) in [6.45, 7) is 1.71. The predicted octanol–water partition coefficient (Wildman–Crippen LogP) is 3.65. The molecule has 0 spiro atoms. The van der Waals surface area contributed by atoms with E-state index in [1.54, 1.807) is 13.0 Å². The summed E-state index contributed by atoms with van der Waals surface area (Å²) in [5.74, 6) is -0.864. The average molecular weight is 388 g/mol. The van der Waals surface area contributed by atoms with Crippen LogP contribution in [0.4, 0.5) is 24.7 Å². The fourth-order valence-electron chi connectivity index (χ4n) is 2.62. The number of hydrogen-bond acceptors (Lipinski definition) is 4. The van der Waals surface area contributed by atoms with Gasteiger partial charge in [0, 0.05) is 19.0 Å². The van der Waals surface area contributed by atoms with Gasteiger partial charge in [-0.2, -0.15) is 13.2 Å². The lowest BCUT2D eigenvalue weighted by Gasteiger charge is -2.15. The fraction of sp³-hybridized carbons (Fsp3) is 0.312. The van der Waals surface area contributed by atoms with Crippen LogP contribution in [-0.4, -0.2) is 23.5 Å². The lowest BCUT2D eigenvalue weighted by molar-refractivity contribution is -0.137. The van der Waals surface area contributed by atoms with Crippen molar-refractivity contribution in [2.24, 2.45) is 5.92 Å². The van der Waals surface area contributed by atoms with Crippen molar-refractivity contribution in [2.45, 2.75) is 19.5 Å². The smallest absolute Gasteiger partial charge is 0.360 e. The molecule has 0 aliphatic carbocycles. The molecule has 1 aliphatic heterocycles. The van der Waals surface area contributed by atoms with Crippen LogP contribution in [0.25, 0.3) is 0 Å². The van der Waals surface area contributed by atoms with E-state index in [1.807, 2.05) is 0 Å². The van der Waals surface area contributed by atoms with E-state index in [-0.39, 0.29) is 29.6 Å². The van der Waals surface area contributed by atoms with Crippen molar-refractivity contribution in [3.63, 3.8) is 0 Å². The maximum Gasteiger partial charge on any atom is 0.416 e. The summed E-state index contributed by atoms with van der Waals surface area (Å²) in [5.41, 5.74) is -1.09. The third-order valence-electron chi connectivity index (χ3n) is 3.94. The predicted molar refractivity (Wildman–Crippen MR) is 86.8 cm³/mol. The third kappa shape index (κ3) is 3.67. The van der Waals surface area contributed by atoms with E-state index in [0.717, 1.165) is 18.2 Å². The van der Waals surface area contributed by atoms with E-state index in [1.165, 1.54) is 4.90 Å². The molecule has 3 rings (SSSR count). The van der Waals surface area contributed by atoms with Crippen molar-refractivity contribution in [3.05, 3.63) is 40.6 Å². The number of rotatable bonds is 3. The van der Waals surface area contributed by atoms with Gasteiger partial charge in [-0.05, 0) is 25.1 Å². The second kappa shape index (κ2) is 6.64. The molecule has 1 unspecified atom stereocenters. The molecule has 1 atom stereocenters. The van der Waals surface area contributed by atoms with E-state index in [4.69, 9.17) is 16.1 Å². The van der Waals surface area contributed by atoms with Crippen LogP contribution < -0.4 is 10.2 Å². The van der Waals surface area contributed by atoms with Crippen LogP contribution in [0.1, 0.15) is 17.7 Å². The highest BCUT2D eigenvalue weighted by Crippen LogP contribution is 2.34. The molecule has 0 saturated carbocycles. The first-order valence-corrected chi connectivity index (χ1v) is 7.94. The molecule has 26 heavy (non-hydrogen) atoms. The zero-order valence-electron chi connectivity index (χ0n) is 13.4. The van der Waals surface area contributed by atoms with Crippen LogP contribution in [0, 0.1) is 12.8 Å². The molecule has 6 nitrogen and oxygen atoms in total. The molecule has 0 radical (unpaired) electrons. The Bertz CT molecular complexity index is 866. The number of carbonyl (C=O) groups excluding carboxylic acids is 2. The maximum atomic E-state index is 12.8. The van der Waals surface area contributed by atoms with Crippen molar-refractivity contribution < 1.29 is 27.3 Å². The summed E-state index contributed by atoms with van der Waals surface area (Å²) < 4.78 is 43.3. The van der Waals surface area contributed by atoms with Gasteiger partial charge in [0.15, 0.2) is 5.82 Å². The first-order chi connectivity index (χ1) is 12.1. The Kier molecular flexibility index (Phi) is 4.66. The van der Waals surface area contributed by atoms with Crippen LogP contribution in [-0.2, 0) is 15.8 Å². The minimum absolute atomic E-state index is 0.0281. The number of nitrogens with zero attached hydrogens (tertiary/aromatic N) is 2. The van der Waals surface area contributed by atoms with Gasteiger partial charge in [0.25, 0.3) is 0 Å². The Balaban J connectivity index is 1.74. The van der Waals surface area contributed by atoms with E-state index < -0.39 is 23.6 Å².